The first kappa shape index (κ1) is 19.5. The first-order valence-electron chi connectivity index (χ1n) is 8.52. The van der Waals surface area contributed by atoms with Crippen molar-refractivity contribution < 1.29 is 19.1 Å². The number of esters is 1. The van der Waals surface area contributed by atoms with Gasteiger partial charge in [-0.3, -0.25) is 4.79 Å². The van der Waals surface area contributed by atoms with Crippen LogP contribution in [0.1, 0.15) is 5.56 Å². The highest BCUT2D eigenvalue weighted by atomic mass is 35.5. The largest absolute Gasteiger partial charge is 0.497 e. The molecule has 0 saturated heterocycles. The molecule has 0 saturated carbocycles. The molecule has 1 N–H and O–H groups in total. The Morgan fingerprint density at radius 2 is 1.79 bits per heavy atom. The molecular formula is C22H18ClNO4. The lowest BCUT2D eigenvalue weighted by Crippen LogP contribution is -2.20. The molecule has 0 unspecified atom stereocenters. The second-order valence-corrected chi connectivity index (χ2v) is 6.35. The molecule has 3 aromatic carbocycles. The fourth-order valence-electron chi connectivity index (χ4n) is 2.57. The Bertz CT molecular complexity index is 1050. The fraction of sp³-hybridized carbons (Fsp3) is 0.0909. The predicted molar refractivity (Wildman–Crippen MR) is 111 cm³/mol. The Labute approximate surface area is 167 Å². The molecular weight excluding hydrogens is 378 g/mol. The molecule has 0 aliphatic carbocycles. The summed E-state index contributed by atoms with van der Waals surface area (Å²) in [5.74, 6) is -0.284. The number of hydrogen-bond donors (Lipinski definition) is 1. The maximum absolute atomic E-state index is 11.9. The minimum Gasteiger partial charge on any atom is -0.497 e. The zero-order valence-electron chi connectivity index (χ0n) is 15.1. The zero-order chi connectivity index (χ0) is 19.9. The molecule has 0 fully saturated rings. The van der Waals surface area contributed by atoms with E-state index in [1.165, 1.54) is 6.08 Å². The second kappa shape index (κ2) is 9.06. The molecule has 28 heavy (non-hydrogen) atoms. The van der Waals surface area contributed by atoms with Crippen LogP contribution < -0.4 is 10.1 Å². The maximum atomic E-state index is 11.9. The molecule has 142 valence electrons. The first-order chi connectivity index (χ1) is 13.5. The van der Waals surface area contributed by atoms with Gasteiger partial charge in [0.25, 0.3) is 5.91 Å². The normalized spacial score (nSPS) is 10.8. The van der Waals surface area contributed by atoms with Gasteiger partial charge in [0, 0.05) is 6.08 Å². The van der Waals surface area contributed by atoms with Crippen LogP contribution in [0.25, 0.3) is 16.8 Å². The first-order valence-corrected chi connectivity index (χ1v) is 8.90. The van der Waals surface area contributed by atoms with Crippen molar-refractivity contribution in [2.75, 3.05) is 19.0 Å². The molecule has 6 heteroatoms. The molecule has 0 aliphatic heterocycles. The van der Waals surface area contributed by atoms with Gasteiger partial charge < -0.3 is 14.8 Å². The number of ether oxygens (including phenoxy) is 2. The fourth-order valence-corrected chi connectivity index (χ4v) is 2.75. The summed E-state index contributed by atoms with van der Waals surface area (Å²) in [5.41, 5.74) is 1.31. The van der Waals surface area contributed by atoms with E-state index in [1.807, 2.05) is 36.4 Å². The van der Waals surface area contributed by atoms with Gasteiger partial charge in [-0.1, -0.05) is 41.9 Å². The number of fused-ring (bicyclic) bond motifs is 1. The van der Waals surface area contributed by atoms with E-state index in [1.54, 1.807) is 37.5 Å². The lowest BCUT2D eigenvalue weighted by atomic mass is 10.1. The van der Waals surface area contributed by atoms with Crippen molar-refractivity contribution in [3.8, 4) is 5.75 Å². The Morgan fingerprint density at radius 1 is 1.04 bits per heavy atom. The molecule has 0 atom stereocenters. The zero-order valence-corrected chi connectivity index (χ0v) is 15.9. The summed E-state index contributed by atoms with van der Waals surface area (Å²) >= 11 is 5.97. The molecule has 5 nitrogen and oxygen atoms in total. The van der Waals surface area contributed by atoms with E-state index < -0.39 is 18.5 Å². The van der Waals surface area contributed by atoms with E-state index in [4.69, 9.17) is 21.1 Å². The van der Waals surface area contributed by atoms with Crippen molar-refractivity contribution >= 4 is 46.0 Å². The molecule has 0 radical (unpaired) electrons. The Kier molecular flexibility index (Phi) is 6.29. The van der Waals surface area contributed by atoms with E-state index in [2.05, 4.69) is 5.32 Å². The summed E-state index contributed by atoms with van der Waals surface area (Å²) in [7, 11) is 1.62. The van der Waals surface area contributed by atoms with E-state index >= 15 is 0 Å². The monoisotopic (exact) mass is 395 g/mol. The number of amides is 1. The van der Waals surface area contributed by atoms with Crippen LogP contribution in [0.2, 0.25) is 5.02 Å². The lowest BCUT2D eigenvalue weighted by Gasteiger charge is -2.06. The number of para-hydroxylation sites is 1. The molecule has 0 bridgehead atoms. The highest BCUT2D eigenvalue weighted by Gasteiger charge is 2.07. The summed E-state index contributed by atoms with van der Waals surface area (Å²) in [6.07, 6.45) is 2.92. The topological polar surface area (TPSA) is 64.6 Å². The van der Waals surface area contributed by atoms with Crippen LogP contribution in [0.4, 0.5) is 5.69 Å². The average Bonchev–Trinajstić information content (AvgIpc) is 2.72. The van der Waals surface area contributed by atoms with Gasteiger partial charge in [-0.2, -0.15) is 0 Å². The quantitative estimate of drug-likeness (QED) is 0.485. The second-order valence-electron chi connectivity index (χ2n) is 5.94. The van der Waals surface area contributed by atoms with Crippen LogP contribution in [0.5, 0.6) is 5.75 Å². The van der Waals surface area contributed by atoms with E-state index in [-0.39, 0.29) is 0 Å². The van der Waals surface area contributed by atoms with Crippen molar-refractivity contribution in [2.24, 2.45) is 0 Å². The van der Waals surface area contributed by atoms with Crippen molar-refractivity contribution in [1.82, 2.24) is 0 Å². The lowest BCUT2D eigenvalue weighted by molar-refractivity contribution is -0.142. The van der Waals surface area contributed by atoms with Gasteiger partial charge in [0.2, 0.25) is 0 Å². The smallest absolute Gasteiger partial charge is 0.331 e. The van der Waals surface area contributed by atoms with Gasteiger partial charge in [0.05, 0.1) is 17.8 Å². The Morgan fingerprint density at radius 3 is 2.57 bits per heavy atom. The maximum Gasteiger partial charge on any atom is 0.331 e. The van der Waals surface area contributed by atoms with Crippen LogP contribution in [0.15, 0.2) is 66.7 Å². The number of benzene rings is 3. The third-order valence-electron chi connectivity index (χ3n) is 3.98. The van der Waals surface area contributed by atoms with Crippen molar-refractivity contribution in [3.63, 3.8) is 0 Å². The van der Waals surface area contributed by atoms with Gasteiger partial charge in [0.15, 0.2) is 6.61 Å². The van der Waals surface area contributed by atoms with Crippen molar-refractivity contribution in [2.45, 2.75) is 0 Å². The number of rotatable bonds is 6. The van der Waals surface area contributed by atoms with Gasteiger partial charge in [-0.25, -0.2) is 4.79 Å². The van der Waals surface area contributed by atoms with Gasteiger partial charge in [0.1, 0.15) is 5.75 Å². The number of halogens is 1. The third kappa shape index (κ3) is 5.11. The van der Waals surface area contributed by atoms with Gasteiger partial charge in [-0.05, 0) is 52.7 Å². The van der Waals surface area contributed by atoms with Gasteiger partial charge >= 0.3 is 5.97 Å². The standard InChI is InChI=1S/C22H18ClNO4/c1-27-18-10-9-16-12-15(6-8-17(16)13-18)7-11-22(26)28-14-21(25)24-20-5-3-2-4-19(20)23/h2-13H,14H2,1H3,(H,24,25)/b11-7+. The summed E-state index contributed by atoms with van der Waals surface area (Å²) in [6.45, 7) is -0.397. The summed E-state index contributed by atoms with van der Waals surface area (Å²) < 4.78 is 10.2. The number of anilines is 1. The average molecular weight is 396 g/mol. The number of methoxy groups -OCH3 is 1. The number of carbonyl (C=O) groups is 2. The number of carbonyl (C=O) groups excluding carboxylic acids is 2. The SMILES string of the molecule is COc1ccc2cc(/C=C/C(=O)OCC(=O)Nc3ccccc3Cl)ccc2c1. The highest BCUT2D eigenvalue weighted by Crippen LogP contribution is 2.22. The summed E-state index contributed by atoms with van der Waals surface area (Å²) in [5, 5.41) is 5.06. The Hall–Kier alpha value is -3.31. The summed E-state index contributed by atoms with van der Waals surface area (Å²) in [4.78, 5) is 23.7. The van der Waals surface area contributed by atoms with E-state index in [0.717, 1.165) is 22.1 Å². The van der Waals surface area contributed by atoms with Crippen molar-refractivity contribution in [3.05, 3.63) is 77.3 Å². The van der Waals surface area contributed by atoms with Gasteiger partial charge in [-0.15, -0.1) is 0 Å². The minimum atomic E-state index is -0.607. The summed E-state index contributed by atoms with van der Waals surface area (Å²) in [6, 6.07) is 18.4. The van der Waals surface area contributed by atoms with Crippen LogP contribution in [0, 0.1) is 0 Å². The van der Waals surface area contributed by atoms with Crippen LogP contribution >= 0.6 is 11.6 Å². The molecule has 0 spiro atoms. The van der Waals surface area contributed by atoms with E-state index in [0.29, 0.717) is 10.7 Å². The molecule has 3 aromatic rings. The Balaban J connectivity index is 1.55. The third-order valence-corrected chi connectivity index (χ3v) is 4.31. The molecule has 0 aliphatic rings. The molecule has 1 amide bonds. The van der Waals surface area contributed by atoms with Crippen LogP contribution in [-0.2, 0) is 14.3 Å². The minimum absolute atomic E-state index is 0.397. The predicted octanol–water partition coefficient (Wildman–Crippen LogP) is 4.70. The van der Waals surface area contributed by atoms with Crippen LogP contribution in [-0.4, -0.2) is 25.6 Å². The molecule has 0 aromatic heterocycles. The molecule has 3 rings (SSSR count). The number of nitrogens with one attached hydrogen (secondary N) is 1. The molecule has 0 heterocycles. The van der Waals surface area contributed by atoms with E-state index in [9.17, 15) is 9.59 Å². The van der Waals surface area contributed by atoms with Crippen molar-refractivity contribution in [1.29, 1.82) is 0 Å². The number of hydrogen-bond acceptors (Lipinski definition) is 4. The van der Waals surface area contributed by atoms with Crippen LogP contribution in [0.3, 0.4) is 0 Å². The highest BCUT2D eigenvalue weighted by molar-refractivity contribution is 6.33.